The normalized spacial score (nSPS) is 10.5. The maximum absolute atomic E-state index is 12.2. The topological polar surface area (TPSA) is 94.8 Å². The molecule has 0 aliphatic heterocycles. The Morgan fingerprint density at radius 3 is 2.54 bits per heavy atom. The van der Waals surface area contributed by atoms with E-state index in [-0.39, 0.29) is 12.5 Å². The molecule has 0 atom stereocenters. The van der Waals surface area contributed by atoms with Crippen LogP contribution in [-0.4, -0.2) is 47.2 Å². The number of hydrogen-bond acceptors (Lipinski definition) is 6. The molecule has 2 heterocycles. The summed E-state index contributed by atoms with van der Waals surface area (Å²) in [5, 5.41) is 10.8. The number of rotatable bonds is 6. The van der Waals surface area contributed by atoms with Gasteiger partial charge in [-0.15, -0.1) is 10.2 Å². The first kappa shape index (κ1) is 17.4. The number of nitrogens with zero attached hydrogens (tertiary/aromatic N) is 3. The number of benzene rings is 1. The third kappa shape index (κ3) is 3.80. The minimum Gasteiger partial charge on any atom is -0.497 e. The second-order valence-electron chi connectivity index (χ2n) is 5.55. The molecule has 1 N–H and O–H groups in total. The van der Waals surface area contributed by atoms with E-state index in [4.69, 9.17) is 4.74 Å². The maximum atomic E-state index is 12.2. The second kappa shape index (κ2) is 7.64. The van der Waals surface area contributed by atoms with E-state index >= 15 is 0 Å². The molecule has 26 heavy (non-hydrogen) atoms. The molecular weight excluding hydrogens is 336 g/mol. The molecule has 0 fully saturated rings. The Hall–Kier alpha value is -3.42. The molecule has 3 rings (SSSR count). The zero-order valence-corrected chi connectivity index (χ0v) is 14.4. The van der Waals surface area contributed by atoms with Gasteiger partial charge in [0.15, 0.2) is 5.65 Å². The molecule has 0 aliphatic rings. The summed E-state index contributed by atoms with van der Waals surface area (Å²) in [6.07, 6.45) is 2.21. The Bertz CT molecular complexity index is 934. The summed E-state index contributed by atoms with van der Waals surface area (Å²) in [5.74, 6) is 0.600. The van der Waals surface area contributed by atoms with Crippen LogP contribution in [0.3, 0.4) is 0 Å². The number of carbonyl (C=O) groups excluding carboxylic acids is 2. The Morgan fingerprint density at radius 2 is 1.85 bits per heavy atom. The van der Waals surface area contributed by atoms with Crippen LogP contribution in [0.2, 0.25) is 0 Å². The van der Waals surface area contributed by atoms with Crippen LogP contribution in [-0.2, 0) is 16.0 Å². The minimum absolute atomic E-state index is 0.186. The minimum atomic E-state index is -0.510. The lowest BCUT2D eigenvalue weighted by Gasteiger charge is -2.06. The standard InChI is InChI=1S/C18H18N4O4/c1-25-14-6-3-12(4-7-14)9-16-21-20-15-8-5-13(11-22(15)16)18(24)19-10-17(23)26-2/h3-8,11H,9-10H2,1-2H3,(H,19,24). The number of nitrogens with one attached hydrogen (secondary N) is 1. The highest BCUT2D eigenvalue weighted by atomic mass is 16.5. The number of aromatic nitrogens is 3. The van der Waals surface area contributed by atoms with Crippen molar-refractivity contribution in [3.8, 4) is 5.75 Å². The monoisotopic (exact) mass is 354 g/mol. The van der Waals surface area contributed by atoms with Crippen LogP contribution in [0.15, 0.2) is 42.6 Å². The fraction of sp³-hybridized carbons (Fsp3) is 0.222. The molecule has 2 aromatic heterocycles. The van der Waals surface area contributed by atoms with E-state index in [0.29, 0.717) is 23.5 Å². The van der Waals surface area contributed by atoms with E-state index in [9.17, 15) is 9.59 Å². The van der Waals surface area contributed by atoms with Crippen molar-refractivity contribution in [3.05, 3.63) is 59.5 Å². The second-order valence-corrected chi connectivity index (χ2v) is 5.55. The fourth-order valence-electron chi connectivity index (χ4n) is 2.45. The molecule has 0 aliphatic carbocycles. The van der Waals surface area contributed by atoms with Gasteiger partial charge in [0.25, 0.3) is 5.91 Å². The molecule has 0 radical (unpaired) electrons. The van der Waals surface area contributed by atoms with Crippen molar-refractivity contribution in [2.45, 2.75) is 6.42 Å². The Kier molecular flexibility index (Phi) is 5.12. The molecule has 0 saturated carbocycles. The molecule has 1 aromatic carbocycles. The zero-order chi connectivity index (χ0) is 18.5. The molecule has 0 spiro atoms. The molecule has 0 bridgehead atoms. The molecule has 0 unspecified atom stereocenters. The predicted octanol–water partition coefficient (Wildman–Crippen LogP) is 1.23. The zero-order valence-electron chi connectivity index (χ0n) is 14.4. The predicted molar refractivity (Wildman–Crippen MR) is 93.1 cm³/mol. The highest BCUT2D eigenvalue weighted by Gasteiger charge is 2.12. The first-order valence-electron chi connectivity index (χ1n) is 7.92. The van der Waals surface area contributed by atoms with Crippen molar-refractivity contribution in [2.75, 3.05) is 20.8 Å². The van der Waals surface area contributed by atoms with Crippen LogP contribution >= 0.6 is 0 Å². The van der Waals surface area contributed by atoms with Crippen molar-refractivity contribution in [3.63, 3.8) is 0 Å². The number of carbonyl (C=O) groups is 2. The van der Waals surface area contributed by atoms with E-state index in [2.05, 4.69) is 20.3 Å². The SMILES string of the molecule is COC(=O)CNC(=O)c1ccc2nnc(Cc3ccc(OC)cc3)n2c1. The smallest absolute Gasteiger partial charge is 0.325 e. The van der Waals surface area contributed by atoms with E-state index in [1.807, 2.05) is 24.3 Å². The number of hydrogen-bond donors (Lipinski definition) is 1. The summed E-state index contributed by atoms with van der Waals surface area (Å²) in [6, 6.07) is 11.0. The van der Waals surface area contributed by atoms with Gasteiger partial charge in [-0.25, -0.2) is 0 Å². The summed E-state index contributed by atoms with van der Waals surface area (Å²) in [4.78, 5) is 23.3. The van der Waals surface area contributed by atoms with Crippen LogP contribution in [0.4, 0.5) is 0 Å². The molecule has 8 heteroatoms. The lowest BCUT2D eigenvalue weighted by molar-refractivity contribution is -0.139. The molecule has 0 saturated heterocycles. The number of fused-ring (bicyclic) bond motifs is 1. The molecule has 3 aromatic rings. The molecule has 8 nitrogen and oxygen atoms in total. The summed E-state index contributed by atoms with van der Waals surface area (Å²) in [7, 11) is 2.89. The Balaban J connectivity index is 1.81. The maximum Gasteiger partial charge on any atom is 0.325 e. The van der Waals surface area contributed by atoms with Gasteiger partial charge in [-0.05, 0) is 29.8 Å². The average Bonchev–Trinajstić information content (AvgIpc) is 3.08. The Labute approximate surface area is 149 Å². The van der Waals surface area contributed by atoms with Gasteiger partial charge in [-0.1, -0.05) is 12.1 Å². The highest BCUT2D eigenvalue weighted by molar-refractivity contribution is 5.95. The third-order valence-corrected chi connectivity index (χ3v) is 3.88. The lowest BCUT2D eigenvalue weighted by atomic mass is 10.1. The van der Waals surface area contributed by atoms with Crippen LogP contribution in [0.5, 0.6) is 5.75 Å². The van der Waals surface area contributed by atoms with Gasteiger partial charge in [-0.3, -0.25) is 14.0 Å². The van der Waals surface area contributed by atoms with Gasteiger partial charge in [0.2, 0.25) is 0 Å². The summed E-state index contributed by atoms with van der Waals surface area (Å²) < 4.78 is 11.4. The highest BCUT2D eigenvalue weighted by Crippen LogP contribution is 2.15. The van der Waals surface area contributed by atoms with Gasteiger partial charge < -0.3 is 14.8 Å². The fourth-order valence-corrected chi connectivity index (χ4v) is 2.45. The van der Waals surface area contributed by atoms with E-state index in [1.54, 1.807) is 29.8 Å². The van der Waals surface area contributed by atoms with Crippen molar-refractivity contribution in [1.82, 2.24) is 19.9 Å². The largest absolute Gasteiger partial charge is 0.497 e. The summed E-state index contributed by atoms with van der Waals surface area (Å²) >= 11 is 0. The van der Waals surface area contributed by atoms with Crippen LogP contribution in [0.25, 0.3) is 5.65 Å². The van der Waals surface area contributed by atoms with E-state index in [1.165, 1.54) is 7.11 Å². The van der Waals surface area contributed by atoms with E-state index < -0.39 is 5.97 Å². The average molecular weight is 354 g/mol. The van der Waals surface area contributed by atoms with Gasteiger partial charge in [0, 0.05) is 12.6 Å². The van der Waals surface area contributed by atoms with Crippen LogP contribution in [0.1, 0.15) is 21.7 Å². The molecule has 1 amide bonds. The van der Waals surface area contributed by atoms with Gasteiger partial charge >= 0.3 is 5.97 Å². The van der Waals surface area contributed by atoms with Crippen molar-refractivity contribution in [2.24, 2.45) is 0 Å². The van der Waals surface area contributed by atoms with Gasteiger partial charge in [0.05, 0.1) is 19.8 Å². The summed E-state index contributed by atoms with van der Waals surface area (Å²) in [5.41, 5.74) is 2.08. The first-order chi connectivity index (χ1) is 12.6. The van der Waals surface area contributed by atoms with Crippen LogP contribution < -0.4 is 10.1 Å². The van der Waals surface area contributed by atoms with Gasteiger partial charge in [0.1, 0.15) is 18.1 Å². The third-order valence-electron chi connectivity index (χ3n) is 3.88. The molecule has 134 valence electrons. The number of ether oxygens (including phenoxy) is 2. The van der Waals surface area contributed by atoms with Crippen molar-refractivity contribution in [1.29, 1.82) is 0 Å². The van der Waals surface area contributed by atoms with Crippen molar-refractivity contribution >= 4 is 17.5 Å². The van der Waals surface area contributed by atoms with Crippen molar-refractivity contribution < 1.29 is 19.1 Å². The lowest BCUT2D eigenvalue weighted by Crippen LogP contribution is -2.30. The number of pyridine rings is 1. The number of esters is 1. The Morgan fingerprint density at radius 1 is 1.08 bits per heavy atom. The van der Waals surface area contributed by atoms with E-state index in [0.717, 1.165) is 11.3 Å². The number of methoxy groups -OCH3 is 2. The van der Waals surface area contributed by atoms with Crippen LogP contribution in [0, 0.1) is 0 Å². The quantitative estimate of drug-likeness (QED) is 0.669. The van der Waals surface area contributed by atoms with Gasteiger partial charge in [-0.2, -0.15) is 0 Å². The number of amides is 1. The summed E-state index contributed by atoms with van der Waals surface area (Å²) in [6.45, 7) is -0.186. The molecular formula is C18H18N4O4. The first-order valence-corrected chi connectivity index (χ1v) is 7.92.